The molecule has 1 N–H and O–H groups in total. The summed E-state index contributed by atoms with van der Waals surface area (Å²) in [6.07, 6.45) is 0. The Labute approximate surface area is 156 Å². The van der Waals surface area contributed by atoms with Gasteiger partial charge in [-0.1, -0.05) is 12.1 Å². The van der Waals surface area contributed by atoms with E-state index in [9.17, 15) is 19.3 Å². The van der Waals surface area contributed by atoms with Crippen LogP contribution in [-0.4, -0.2) is 55.0 Å². The van der Waals surface area contributed by atoms with Gasteiger partial charge in [-0.25, -0.2) is 4.39 Å². The molecule has 0 aliphatic carbocycles. The van der Waals surface area contributed by atoms with Crippen LogP contribution in [-0.2, 0) is 0 Å². The van der Waals surface area contributed by atoms with Crippen LogP contribution in [0.15, 0.2) is 48.5 Å². The van der Waals surface area contributed by atoms with Crippen molar-refractivity contribution in [2.45, 2.75) is 0 Å². The van der Waals surface area contributed by atoms with Gasteiger partial charge in [-0.3, -0.25) is 19.8 Å². The highest BCUT2D eigenvalue weighted by Gasteiger charge is 2.20. The van der Waals surface area contributed by atoms with Gasteiger partial charge in [0.1, 0.15) is 11.4 Å². The van der Waals surface area contributed by atoms with Gasteiger partial charge in [-0.2, -0.15) is 0 Å². The molecule has 2 aromatic rings. The van der Waals surface area contributed by atoms with Crippen molar-refractivity contribution >= 4 is 17.3 Å². The number of nitro benzene ring substituents is 1. The van der Waals surface area contributed by atoms with E-state index in [1.54, 1.807) is 18.2 Å². The number of carbonyl (C=O) groups excluding carboxylic acids is 1. The lowest BCUT2D eigenvalue weighted by Crippen LogP contribution is -2.48. The van der Waals surface area contributed by atoms with Gasteiger partial charge in [-0.05, 0) is 30.3 Å². The number of nitro groups is 1. The summed E-state index contributed by atoms with van der Waals surface area (Å²) in [6.45, 7) is 4.40. The van der Waals surface area contributed by atoms with Crippen LogP contribution in [0.5, 0.6) is 0 Å². The third-order valence-electron chi connectivity index (χ3n) is 4.62. The molecule has 1 fully saturated rings. The summed E-state index contributed by atoms with van der Waals surface area (Å²) in [5, 5.41) is 13.8. The number of anilines is 1. The molecule has 1 heterocycles. The molecule has 0 bridgehead atoms. The summed E-state index contributed by atoms with van der Waals surface area (Å²) in [5.41, 5.74) is 0.882. The lowest BCUT2D eigenvalue weighted by Gasteiger charge is -2.36. The van der Waals surface area contributed by atoms with E-state index in [1.807, 2.05) is 0 Å². The summed E-state index contributed by atoms with van der Waals surface area (Å²) in [7, 11) is 0. The highest BCUT2D eigenvalue weighted by molar-refractivity contribution is 5.98. The van der Waals surface area contributed by atoms with Gasteiger partial charge in [0.25, 0.3) is 11.6 Å². The first-order valence-electron chi connectivity index (χ1n) is 8.79. The number of carbonyl (C=O) groups is 1. The summed E-state index contributed by atoms with van der Waals surface area (Å²) >= 11 is 0. The predicted molar refractivity (Wildman–Crippen MR) is 100 cm³/mol. The number of amides is 1. The standard InChI is InChI=1S/C19H21FN4O3/c20-15-5-7-16(8-6-15)23-13-11-22(12-14-23)10-9-21-19(25)17-3-1-2-4-18(17)24(26)27/h1-8H,9-14H2,(H,21,25). The van der Waals surface area contributed by atoms with Gasteiger partial charge in [0.05, 0.1) is 4.92 Å². The third kappa shape index (κ3) is 4.79. The average molecular weight is 372 g/mol. The smallest absolute Gasteiger partial charge is 0.282 e. The fourth-order valence-corrected chi connectivity index (χ4v) is 3.13. The van der Waals surface area contributed by atoms with Crippen molar-refractivity contribution in [3.63, 3.8) is 0 Å². The molecule has 1 saturated heterocycles. The minimum atomic E-state index is -0.552. The van der Waals surface area contributed by atoms with Crippen molar-refractivity contribution in [2.75, 3.05) is 44.2 Å². The Morgan fingerprint density at radius 1 is 1.07 bits per heavy atom. The molecule has 1 amide bonds. The number of piperazine rings is 1. The Hall–Kier alpha value is -3.00. The number of nitrogens with one attached hydrogen (secondary N) is 1. The van der Waals surface area contributed by atoms with Crippen molar-refractivity contribution in [2.24, 2.45) is 0 Å². The molecule has 0 spiro atoms. The average Bonchev–Trinajstić information content (AvgIpc) is 2.69. The van der Waals surface area contributed by atoms with E-state index in [0.717, 1.165) is 31.9 Å². The lowest BCUT2D eigenvalue weighted by atomic mass is 10.1. The molecule has 27 heavy (non-hydrogen) atoms. The summed E-state index contributed by atoms with van der Waals surface area (Å²) in [4.78, 5) is 27.1. The van der Waals surface area contributed by atoms with Crippen LogP contribution in [0.1, 0.15) is 10.4 Å². The molecule has 3 rings (SSSR count). The van der Waals surface area contributed by atoms with E-state index in [2.05, 4.69) is 15.1 Å². The molecular formula is C19H21FN4O3. The number of hydrogen-bond donors (Lipinski definition) is 1. The molecule has 0 atom stereocenters. The highest BCUT2D eigenvalue weighted by atomic mass is 19.1. The van der Waals surface area contributed by atoms with E-state index in [0.29, 0.717) is 13.1 Å². The zero-order chi connectivity index (χ0) is 19.2. The molecule has 1 aliphatic heterocycles. The Bertz CT molecular complexity index is 805. The number of para-hydroxylation sites is 1. The van der Waals surface area contributed by atoms with Crippen molar-refractivity contribution in [3.05, 3.63) is 70.0 Å². The molecule has 0 saturated carbocycles. The monoisotopic (exact) mass is 372 g/mol. The van der Waals surface area contributed by atoms with Gasteiger partial charge in [-0.15, -0.1) is 0 Å². The van der Waals surface area contributed by atoms with E-state index < -0.39 is 10.8 Å². The molecule has 7 nitrogen and oxygen atoms in total. The van der Waals surface area contributed by atoms with Gasteiger partial charge >= 0.3 is 0 Å². The first-order chi connectivity index (χ1) is 13.0. The lowest BCUT2D eigenvalue weighted by molar-refractivity contribution is -0.385. The van der Waals surface area contributed by atoms with Crippen LogP contribution in [0.4, 0.5) is 15.8 Å². The number of benzene rings is 2. The van der Waals surface area contributed by atoms with Gasteiger partial charge in [0.15, 0.2) is 0 Å². The minimum absolute atomic E-state index is 0.0728. The maximum Gasteiger partial charge on any atom is 0.282 e. The summed E-state index contributed by atoms with van der Waals surface area (Å²) < 4.78 is 13.0. The maximum absolute atomic E-state index is 13.0. The number of nitrogens with zero attached hydrogens (tertiary/aromatic N) is 3. The number of rotatable bonds is 6. The largest absolute Gasteiger partial charge is 0.369 e. The minimum Gasteiger partial charge on any atom is -0.369 e. The Balaban J connectivity index is 1.45. The summed E-state index contributed by atoms with van der Waals surface area (Å²) in [6, 6.07) is 12.4. The molecule has 0 aromatic heterocycles. The molecule has 0 unspecified atom stereocenters. The molecule has 142 valence electrons. The molecule has 8 heteroatoms. The molecule has 1 aliphatic rings. The topological polar surface area (TPSA) is 78.7 Å². The van der Waals surface area contributed by atoms with Crippen LogP contribution < -0.4 is 10.2 Å². The second kappa shape index (κ2) is 8.59. The number of hydrogen-bond acceptors (Lipinski definition) is 5. The zero-order valence-electron chi connectivity index (χ0n) is 14.8. The first kappa shape index (κ1) is 18.8. The fourth-order valence-electron chi connectivity index (χ4n) is 3.13. The second-order valence-electron chi connectivity index (χ2n) is 6.34. The second-order valence-corrected chi connectivity index (χ2v) is 6.34. The van der Waals surface area contributed by atoms with Crippen LogP contribution in [0, 0.1) is 15.9 Å². The maximum atomic E-state index is 13.0. The fraction of sp³-hybridized carbons (Fsp3) is 0.316. The van der Waals surface area contributed by atoms with E-state index >= 15 is 0 Å². The first-order valence-corrected chi connectivity index (χ1v) is 8.79. The van der Waals surface area contributed by atoms with Gasteiger partial charge in [0, 0.05) is 51.0 Å². The van der Waals surface area contributed by atoms with Crippen molar-refractivity contribution in [1.82, 2.24) is 10.2 Å². The highest BCUT2D eigenvalue weighted by Crippen LogP contribution is 2.18. The SMILES string of the molecule is O=C(NCCN1CCN(c2ccc(F)cc2)CC1)c1ccccc1[N+](=O)[O-]. The number of halogens is 1. The summed E-state index contributed by atoms with van der Waals surface area (Å²) in [5.74, 6) is -0.681. The Kier molecular flexibility index (Phi) is 5.97. The van der Waals surface area contributed by atoms with Crippen LogP contribution >= 0.6 is 0 Å². The van der Waals surface area contributed by atoms with Gasteiger partial charge < -0.3 is 10.2 Å². The van der Waals surface area contributed by atoms with E-state index in [4.69, 9.17) is 0 Å². The predicted octanol–water partition coefficient (Wildman–Crippen LogP) is 2.29. The van der Waals surface area contributed by atoms with Crippen LogP contribution in [0.2, 0.25) is 0 Å². The van der Waals surface area contributed by atoms with Crippen molar-refractivity contribution in [3.8, 4) is 0 Å². The molecular weight excluding hydrogens is 351 g/mol. The molecule has 0 radical (unpaired) electrons. The van der Waals surface area contributed by atoms with Crippen LogP contribution in [0.3, 0.4) is 0 Å². The van der Waals surface area contributed by atoms with Gasteiger partial charge in [0.2, 0.25) is 0 Å². The quantitative estimate of drug-likeness (QED) is 0.622. The normalized spacial score (nSPS) is 14.8. The van der Waals surface area contributed by atoms with Crippen molar-refractivity contribution < 1.29 is 14.1 Å². The van der Waals surface area contributed by atoms with Crippen molar-refractivity contribution in [1.29, 1.82) is 0 Å². The third-order valence-corrected chi connectivity index (χ3v) is 4.62. The van der Waals surface area contributed by atoms with E-state index in [1.165, 1.54) is 30.3 Å². The Morgan fingerprint density at radius 3 is 2.41 bits per heavy atom. The Morgan fingerprint density at radius 2 is 1.74 bits per heavy atom. The van der Waals surface area contributed by atoms with E-state index in [-0.39, 0.29) is 17.1 Å². The molecule has 2 aromatic carbocycles. The van der Waals surface area contributed by atoms with Crippen LogP contribution in [0.25, 0.3) is 0 Å². The zero-order valence-corrected chi connectivity index (χ0v) is 14.8.